The first-order valence-corrected chi connectivity index (χ1v) is 13.9. The van der Waals surface area contributed by atoms with Gasteiger partial charge in [-0.15, -0.1) is 5.10 Å². The topological polar surface area (TPSA) is 157 Å². The quantitative estimate of drug-likeness (QED) is 0.234. The summed E-state index contributed by atoms with van der Waals surface area (Å²) in [5, 5.41) is 22.8. The van der Waals surface area contributed by atoms with Crippen molar-refractivity contribution in [3.05, 3.63) is 57.4 Å². The van der Waals surface area contributed by atoms with Crippen LogP contribution < -0.4 is 15.3 Å². The molecule has 1 saturated heterocycles. The van der Waals surface area contributed by atoms with Gasteiger partial charge in [-0.1, -0.05) is 11.3 Å². The number of ether oxygens (including phenoxy) is 1. The van der Waals surface area contributed by atoms with E-state index in [-0.39, 0.29) is 29.1 Å². The minimum atomic E-state index is -1.16. The molecule has 5 aromatic rings. The Morgan fingerprint density at radius 3 is 2.71 bits per heavy atom. The van der Waals surface area contributed by atoms with Crippen LogP contribution in [-0.2, 0) is 6.54 Å². The van der Waals surface area contributed by atoms with Crippen molar-refractivity contribution in [2.24, 2.45) is 0 Å². The fourth-order valence-corrected chi connectivity index (χ4v) is 5.98. The van der Waals surface area contributed by atoms with Gasteiger partial charge >= 0.3 is 4.87 Å². The molecule has 0 radical (unpaired) electrons. The predicted octanol–water partition coefficient (Wildman–Crippen LogP) is 2.23. The van der Waals surface area contributed by atoms with Crippen LogP contribution in [0.3, 0.4) is 0 Å². The van der Waals surface area contributed by atoms with E-state index >= 15 is 0 Å². The smallest absolute Gasteiger partial charge is 0.309 e. The molecule has 4 aromatic heterocycles. The van der Waals surface area contributed by atoms with Gasteiger partial charge in [0, 0.05) is 19.2 Å². The maximum Gasteiger partial charge on any atom is 0.309 e. The zero-order valence-electron chi connectivity index (χ0n) is 21.7. The Morgan fingerprint density at radius 2 is 1.98 bits per heavy atom. The molecule has 0 aliphatic carbocycles. The summed E-state index contributed by atoms with van der Waals surface area (Å²) >= 11 is 1.03. The molecule has 0 unspecified atom stereocenters. The van der Waals surface area contributed by atoms with Gasteiger partial charge in [0.15, 0.2) is 28.6 Å². The number of halogens is 2. The van der Waals surface area contributed by atoms with Gasteiger partial charge in [-0.05, 0) is 55.6 Å². The highest BCUT2D eigenvalue weighted by Crippen LogP contribution is 2.34. The van der Waals surface area contributed by atoms with Gasteiger partial charge in [-0.3, -0.25) is 9.36 Å². The van der Waals surface area contributed by atoms with Crippen LogP contribution >= 0.6 is 11.3 Å². The summed E-state index contributed by atoms with van der Waals surface area (Å²) in [6.45, 7) is 1.41. The monoisotopic (exact) mass is 587 g/mol. The lowest BCUT2D eigenvalue weighted by Gasteiger charge is -2.32. The number of hydrogen-bond donors (Lipinski definition) is 3. The Kier molecular flexibility index (Phi) is 7.42. The highest BCUT2D eigenvalue weighted by Gasteiger charge is 2.26. The lowest BCUT2D eigenvalue weighted by Crippen LogP contribution is -2.36. The Hall–Kier alpha value is -3.92. The van der Waals surface area contributed by atoms with E-state index in [2.05, 4.69) is 20.0 Å². The second-order valence-electron chi connectivity index (χ2n) is 9.86. The number of nitrogens with two attached hydrogens (primary N) is 1. The molecular formula is C26H27F2N7O5S. The summed E-state index contributed by atoms with van der Waals surface area (Å²) in [5.74, 6) is -0.909. The summed E-state index contributed by atoms with van der Waals surface area (Å²) in [6, 6.07) is 5.59. The molecule has 41 heavy (non-hydrogen) atoms. The summed E-state index contributed by atoms with van der Waals surface area (Å²) in [7, 11) is 0. The molecule has 12 nitrogen and oxygen atoms in total. The summed E-state index contributed by atoms with van der Waals surface area (Å²) in [5.41, 5.74) is 7.38. The number of furan rings is 1. The molecule has 1 fully saturated rings. The number of fused-ring (bicyclic) bond motifs is 3. The maximum absolute atomic E-state index is 14.7. The summed E-state index contributed by atoms with van der Waals surface area (Å²) in [4.78, 5) is 23.9. The number of nitrogen functional groups attached to an aromatic ring is 1. The zero-order chi connectivity index (χ0) is 28.7. The Bertz CT molecular complexity index is 1740. The van der Waals surface area contributed by atoms with Gasteiger partial charge in [-0.2, -0.15) is 9.50 Å². The highest BCUT2D eigenvalue weighted by molar-refractivity contribution is 7.17. The van der Waals surface area contributed by atoms with Crippen LogP contribution in [0.1, 0.15) is 24.3 Å². The molecule has 0 saturated carbocycles. The number of piperidine rings is 1. The Morgan fingerprint density at radius 1 is 1.17 bits per heavy atom. The normalized spacial score (nSPS) is 15.7. The van der Waals surface area contributed by atoms with E-state index in [1.54, 1.807) is 16.7 Å². The molecule has 0 spiro atoms. The number of likely N-dealkylation sites (tertiary alicyclic amines) is 1. The summed E-state index contributed by atoms with van der Waals surface area (Å²) in [6.07, 6.45) is 1.61. The van der Waals surface area contributed by atoms with Crippen LogP contribution in [0.25, 0.3) is 27.6 Å². The zero-order valence-corrected chi connectivity index (χ0v) is 22.6. The first kappa shape index (κ1) is 27.3. The number of aliphatic hydroxyl groups is 2. The number of thiazole rings is 1. The van der Waals surface area contributed by atoms with Crippen molar-refractivity contribution in [2.45, 2.75) is 31.4 Å². The number of aromatic nitrogens is 5. The van der Waals surface area contributed by atoms with E-state index in [4.69, 9.17) is 20.0 Å². The second kappa shape index (κ2) is 11.2. The minimum Gasteiger partial charge on any atom is -0.488 e. The molecule has 0 amide bonds. The van der Waals surface area contributed by atoms with E-state index in [0.717, 1.165) is 17.4 Å². The molecule has 1 aliphatic heterocycles. The molecule has 1 atom stereocenters. The van der Waals surface area contributed by atoms with Gasteiger partial charge in [-0.25, -0.2) is 13.8 Å². The van der Waals surface area contributed by atoms with Gasteiger partial charge in [0.1, 0.15) is 23.2 Å². The summed E-state index contributed by atoms with van der Waals surface area (Å²) < 4.78 is 43.0. The second-order valence-corrected chi connectivity index (χ2v) is 10.8. The molecule has 1 aliphatic rings. The van der Waals surface area contributed by atoms with Crippen LogP contribution in [0.2, 0.25) is 0 Å². The minimum absolute atomic E-state index is 0.0979. The highest BCUT2D eigenvalue weighted by atomic mass is 32.1. The van der Waals surface area contributed by atoms with Gasteiger partial charge < -0.3 is 30.0 Å². The van der Waals surface area contributed by atoms with E-state index < -0.39 is 24.3 Å². The van der Waals surface area contributed by atoms with Gasteiger partial charge in [0.05, 0.1) is 12.9 Å². The lowest BCUT2D eigenvalue weighted by molar-refractivity contribution is 0.0522. The fraction of sp³-hybridized carbons (Fsp3) is 0.385. The molecule has 15 heteroatoms. The Balaban J connectivity index is 1.14. The number of benzene rings is 1. The molecule has 4 N–H and O–H groups in total. The van der Waals surface area contributed by atoms with Crippen molar-refractivity contribution < 1.29 is 28.1 Å². The van der Waals surface area contributed by atoms with Crippen LogP contribution in [0.15, 0.2) is 39.7 Å². The van der Waals surface area contributed by atoms with Crippen molar-refractivity contribution in [3.63, 3.8) is 0 Å². The largest absolute Gasteiger partial charge is 0.488 e. The average Bonchev–Trinajstić information content (AvgIpc) is 3.71. The van der Waals surface area contributed by atoms with Gasteiger partial charge in [0.2, 0.25) is 11.8 Å². The van der Waals surface area contributed by atoms with E-state index in [1.807, 2.05) is 0 Å². The van der Waals surface area contributed by atoms with E-state index in [0.29, 0.717) is 72.2 Å². The third-order valence-corrected chi connectivity index (χ3v) is 8.18. The van der Waals surface area contributed by atoms with E-state index in [1.165, 1.54) is 16.8 Å². The lowest BCUT2D eigenvalue weighted by atomic mass is 9.89. The standard InChI is InChI=1S/C26H27F2N7O5S/c27-17-11-18(28)20(40-13-15(37)12-36)10-16(17)14-3-5-33(6-4-14)7-8-34-23-21(41-26(34)38)24-30-22(19-2-1-9-39-19)32-35(24)25(29)31-23/h1-2,9-11,14-15,36-37H,3-8,12-13H2,(H2,29,31)/t15-/m1/s1. The first-order valence-electron chi connectivity index (χ1n) is 13.0. The maximum atomic E-state index is 14.7. The number of rotatable bonds is 9. The number of anilines is 1. The van der Waals surface area contributed by atoms with Crippen LogP contribution in [-0.4, -0.2) is 78.2 Å². The average molecular weight is 588 g/mol. The SMILES string of the molecule is Nc1nc2c(sc(=O)n2CCN2CCC(c3cc(OC[C@H](O)CO)c(F)cc3F)CC2)c2nc(-c3ccco3)nn12. The molecule has 0 bridgehead atoms. The van der Waals surface area contributed by atoms with Crippen LogP contribution in [0.5, 0.6) is 5.75 Å². The third-order valence-electron chi connectivity index (χ3n) is 7.22. The molecule has 1 aromatic carbocycles. The van der Waals surface area contributed by atoms with Crippen molar-refractivity contribution in [1.29, 1.82) is 0 Å². The Labute approximate surface area is 235 Å². The molecule has 6 rings (SSSR count). The van der Waals surface area contributed by atoms with Crippen molar-refractivity contribution in [2.75, 3.05) is 38.6 Å². The van der Waals surface area contributed by atoms with Crippen LogP contribution in [0, 0.1) is 11.6 Å². The molecule has 5 heterocycles. The van der Waals surface area contributed by atoms with Crippen molar-refractivity contribution in [1.82, 2.24) is 29.0 Å². The number of hydrogen-bond acceptors (Lipinski definition) is 11. The number of nitrogens with zero attached hydrogens (tertiary/aromatic N) is 6. The van der Waals surface area contributed by atoms with Gasteiger partial charge in [0.25, 0.3) is 0 Å². The first-order chi connectivity index (χ1) is 19.8. The number of aliphatic hydroxyl groups excluding tert-OH is 2. The predicted molar refractivity (Wildman–Crippen MR) is 146 cm³/mol. The fourth-order valence-electron chi connectivity index (χ4n) is 5.05. The van der Waals surface area contributed by atoms with Crippen LogP contribution in [0.4, 0.5) is 14.7 Å². The van der Waals surface area contributed by atoms with E-state index in [9.17, 15) is 18.7 Å². The third kappa shape index (κ3) is 5.28. The molecule has 216 valence electrons. The van der Waals surface area contributed by atoms with Crippen molar-refractivity contribution in [3.8, 4) is 17.3 Å². The van der Waals surface area contributed by atoms with Crippen molar-refractivity contribution >= 4 is 33.3 Å². The molecular weight excluding hydrogens is 560 g/mol.